The molecule has 0 bridgehead atoms. The van der Waals surface area contributed by atoms with Crippen LogP contribution >= 0.6 is 11.3 Å². The van der Waals surface area contributed by atoms with Crippen molar-refractivity contribution in [3.05, 3.63) is 45.7 Å². The van der Waals surface area contributed by atoms with E-state index >= 15 is 0 Å². The molecule has 1 amide bonds. The van der Waals surface area contributed by atoms with Crippen molar-refractivity contribution in [1.29, 1.82) is 0 Å². The number of thiophene rings is 1. The first-order valence-electron chi connectivity index (χ1n) is 6.52. The molecule has 3 aromatic heterocycles. The molecule has 21 heavy (non-hydrogen) atoms. The van der Waals surface area contributed by atoms with Gasteiger partial charge in [-0.1, -0.05) is 0 Å². The summed E-state index contributed by atoms with van der Waals surface area (Å²) in [5, 5.41) is 12.0. The minimum atomic E-state index is -0.164. The molecule has 0 fully saturated rings. The first-order chi connectivity index (χ1) is 10.1. The second-order valence-corrected chi connectivity index (χ2v) is 5.77. The van der Waals surface area contributed by atoms with Crippen LogP contribution in [-0.2, 0) is 6.54 Å². The largest absolute Gasteiger partial charge is 0.335 e. The first kappa shape index (κ1) is 13.7. The highest BCUT2D eigenvalue weighted by molar-refractivity contribution is 7.07. The lowest BCUT2D eigenvalue weighted by Gasteiger charge is -2.15. The molecule has 0 unspecified atom stereocenters. The quantitative estimate of drug-likeness (QED) is 0.743. The van der Waals surface area contributed by atoms with Crippen molar-refractivity contribution in [3.63, 3.8) is 0 Å². The summed E-state index contributed by atoms with van der Waals surface area (Å²) >= 11 is 1.62. The molecule has 7 heteroatoms. The van der Waals surface area contributed by atoms with Gasteiger partial charge < -0.3 is 4.90 Å². The minimum absolute atomic E-state index is 0.164. The van der Waals surface area contributed by atoms with Crippen molar-refractivity contribution in [2.24, 2.45) is 0 Å². The molecular weight excluding hydrogens is 286 g/mol. The van der Waals surface area contributed by atoms with Gasteiger partial charge in [-0.05, 0) is 42.3 Å². The number of aryl methyl sites for hydroxylation is 2. The van der Waals surface area contributed by atoms with E-state index in [1.54, 1.807) is 27.7 Å². The molecule has 0 saturated carbocycles. The van der Waals surface area contributed by atoms with Crippen LogP contribution in [0.15, 0.2) is 22.9 Å². The van der Waals surface area contributed by atoms with Crippen LogP contribution in [0.2, 0.25) is 0 Å². The summed E-state index contributed by atoms with van der Waals surface area (Å²) in [6.45, 7) is 4.36. The normalized spacial score (nSPS) is 11.0. The van der Waals surface area contributed by atoms with E-state index < -0.39 is 0 Å². The lowest BCUT2D eigenvalue weighted by Crippen LogP contribution is -2.28. The van der Waals surface area contributed by atoms with Gasteiger partial charge in [-0.25, -0.2) is 4.98 Å². The SMILES string of the molecule is Cc1cc(C)n2c(C(=O)N(C)Cc3ccsc3)nnc2n1. The van der Waals surface area contributed by atoms with Gasteiger partial charge in [0.2, 0.25) is 5.82 Å². The summed E-state index contributed by atoms with van der Waals surface area (Å²) in [4.78, 5) is 18.5. The van der Waals surface area contributed by atoms with Crippen LogP contribution in [-0.4, -0.2) is 37.4 Å². The van der Waals surface area contributed by atoms with E-state index in [9.17, 15) is 4.79 Å². The number of rotatable bonds is 3. The van der Waals surface area contributed by atoms with Gasteiger partial charge in [0.1, 0.15) is 0 Å². The first-order valence-corrected chi connectivity index (χ1v) is 7.46. The number of amides is 1. The van der Waals surface area contributed by atoms with Crippen molar-refractivity contribution in [3.8, 4) is 0 Å². The third-order valence-corrected chi connectivity index (χ3v) is 3.96. The fourth-order valence-corrected chi connectivity index (χ4v) is 2.93. The highest BCUT2D eigenvalue weighted by Gasteiger charge is 2.20. The van der Waals surface area contributed by atoms with Crippen molar-refractivity contribution >= 4 is 23.0 Å². The summed E-state index contributed by atoms with van der Waals surface area (Å²) in [6, 6.07) is 3.92. The fraction of sp³-hybridized carbons (Fsp3) is 0.286. The van der Waals surface area contributed by atoms with E-state index in [2.05, 4.69) is 15.2 Å². The standard InChI is InChI=1S/C14H15N5OS/c1-9-6-10(2)19-12(16-17-14(19)15-9)13(20)18(3)7-11-4-5-21-8-11/h4-6,8H,7H2,1-3H3. The monoisotopic (exact) mass is 301 g/mol. The van der Waals surface area contributed by atoms with Gasteiger partial charge in [-0.15, -0.1) is 10.2 Å². The highest BCUT2D eigenvalue weighted by Crippen LogP contribution is 2.13. The van der Waals surface area contributed by atoms with Crippen LogP contribution in [0, 0.1) is 13.8 Å². The molecule has 3 heterocycles. The Bertz CT molecular complexity index is 793. The number of nitrogens with zero attached hydrogens (tertiary/aromatic N) is 5. The molecule has 0 aliphatic rings. The molecule has 0 N–H and O–H groups in total. The molecule has 6 nitrogen and oxygen atoms in total. The Morgan fingerprint density at radius 1 is 1.38 bits per heavy atom. The molecule has 0 spiro atoms. The van der Waals surface area contributed by atoms with E-state index in [4.69, 9.17) is 0 Å². The predicted molar refractivity (Wildman–Crippen MR) is 80.4 cm³/mol. The second kappa shape index (κ2) is 5.25. The Hall–Kier alpha value is -2.28. The second-order valence-electron chi connectivity index (χ2n) is 4.99. The van der Waals surface area contributed by atoms with Crippen LogP contribution in [0.4, 0.5) is 0 Å². The van der Waals surface area contributed by atoms with Gasteiger partial charge in [0.25, 0.3) is 11.7 Å². The zero-order chi connectivity index (χ0) is 15.0. The van der Waals surface area contributed by atoms with Crippen LogP contribution in [0.3, 0.4) is 0 Å². The minimum Gasteiger partial charge on any atom is -0.335 e. The number of carbonyl (C=O) groups is 1. The fourth-order valence-electron chi connectivity index (χ4n) is 2.27. The van der Waals surface area contributed by atoms with Gasteiger partial charge in [0.15, 0.2) is 0 Å². The Kier molecular flexibility index (Phi) is 3.42. The van der Waals surface area contributed by atoms with E-state index in [1.807, 2.05) is 36.7 Å². The van der Waals surface area contributed by atoms with Crippen LogP contribution in [0.5, 0.6) is 0 Å². The molecule has 0 atom stereocenters. The smallest absolute Gasteiger partial charge is 0.292 e. The zero-order valence-electron chi connectivity index (χ0n) is 12.1. The molecule has 108 valence electrons. The lowest BCUT2D eigenvalue weighted by molar-refractivity contribution is 0.0771. The number of aromatic nitrogens is 4. The summed E-state index contributed by atoms with van der Waals surface area (Å²) in [5.74, 6) is 0.593. The van der Waals surface area contributed by atoms with Crippen molar-refractivity contribution in [1.82, 2.24) is 24.5 Å². The van der Waals surface area contributed by atoms with Crippen LogP contribution < -0.4 is 0 Å². The summed E-state index contributed by atoms with van der Waals surface area (Å²) in [6.07, 6.45) is 0. The van der Waals surface area contributed by atoms with E-state index in [1.165, 1.54) is 0 Å². The van der Waals surface area contributed by atoms with Gasteiger partial charge in [-0.2, -0.15) is 11.3 Å². The molecule has 3 rings (SSSR count). The van der Waals surface area contributed by atoms with Crippen molar-refractivity contribution < 1.29 is 4.79 Å². The molecular formula is C14H15N5OS. The van der Waals surface area contributed by atoms with E-state index in [0.717, 1.165) is 17.0 Å². The Morgan fingerprint density at radius 3 is 2.90 bits per heavy atom. The molecule has 0 saturated heterocycles. The Morgan fingerprint density at radius 2 is 2.19 bits per heavy atom. The van der Waals surface area contributed by atoms with Crippen LogP contribution in [0.1, 0.15) is 27.6 Å². The average Bonchev–Trinajstić information content (AvgIpc) is 3.06. The van der Waals surface area contributed by atoms with Gasteiger partial charge in [-0.3, -0.25) is 9.20 Å². The van der Waals surface area contributed by atoms with E-state index in [0.29, 0.717) is 18.1 Å². The van der Waals surface area contributed by atoms with Gasteiger partial charge in [0.05, 0.1) is 0 Å². The topological polar surface area (TPSA) is 63.4 Å². The zero-order valence-corrected chi connectivity index (χ0v) is 12.9. The van der Waals surface area contributed by atoms with Crippen molar-refractivity contribution in [2.45, 2.75) is 20.4 Å². The molecule has 0 aliphatic heterocycles. The number of hydrogen-bond donors (Lipinski definition) is 0. The molecule has 0 aliphatic carbocycles. The molecule has 3 aromatic rings. The number of hydrogen-bond acceptors (Lipinski definition) is 5. The van der Waals surface area contributed by atoms with Gasteiger partial charge in [0, 0.05) is 25.0 Å². The van der Waals surface area contributed by atoms with E-state index in [-0.39, 0.29) is 5.91 Å². The maximum absolute atomic E-state index is 12.6. The number of carbonyl (C=O) groups excluding carboxylic acids is 1. The van der Waals surface area contributed by atoms with Crippen molar-refractivity contribution in [2.75, 3.05) is 7.05 Å². The summed E-state index contributed by atoms with van der Waals surface area (Å²) < 4.78 is 1.69. The average molecular weight is 301 g/mol. The van der Waals surface area contributed by atoms with Crippen LogP contribution in [0.25, 0.3) is 5.78 Å². The maximum Gasteiger partial charge on any atom is 0.292 e. The molecule has 0 radical (unpaired) electrons. The summed E-state index contributed by atoms with van der Waals surface area (Å²) in [7, 11) is 1.76. The third-order valence-electron chi connectivity index (χ3n) is 3.23. The number of fused-ring (bicyclic) bond motifs is 1. The molecule has 0 aromatic carbocycles. The Labute approximate surface area is 126 Å². The summed E-state index contributed by atoms with van der Waals surface area (Å²) in [5.41, 5.74) is 2.86. The van der Waals surface area contributed by atoms with Gasteiger partial charge >= 0.3 is 0 Å². The maximum atomic E-state index is 12.6. The Balaban J connectivity index is 1.94. The lowest BCUT2D eigenvalue weighted by atomic mass is 10.3. The predicted octanol–water partition coefficient (Wildman–Crippen LogP) is 2.07. The third kappa shape index (κ3) is 2.52. The highest BCUT2D eigenvalue weighted by atomic mass is 32.1.